The van der Waals surface area contributed by atoms with Crippen LogP contribution in [0.5, 0.6) is 11.5 Å². The molecule has 0 radical (unpaired) electrons. The van der Waals surface area contributed by atoms with E-state index in [1.165, 1.54) is 34.1 Å². The van der Waals surface area contributed by atoms with Crippen molar-refractivity contribution in [3.63, 3.8) is 0 Å². The Hall–Kier alpha value is -3.73. The Labute approximate surface area is 215 Å². The molecule has 0 aliphatic heterocycles. The lowest BCUT2D eigenvalue weighted by atomic mass is 10.2. The summed E-state index contributed by atoms with van der Waals surface area (Å²) in [6.07, 6.45) is 0. The normalized spacial score (nSPS) is 11.8. The molecule has 6 nitrogen and oxygen atoms in total. The van der Waals surface area contributed by atoms with Crippen LogP contribution in [-0.4, -0.2) is 30.8 Å². The van der Waals surface area contributed by atoms with E-state index < -0.39 is 27.9 Å². The molecule has 0 spiro atoms. The maximum absolute atomic E-state index is 13.2. The Morgan fingerprint density at radius 1 is 0.730 bits per heavy atom. The van der Waals surface area contributed by atoms with Crippen LogP contribution >= 0.6 is 0 Å². The lowest BCUT2D eigenvalue weighted by Gasteiger charge is -2.13. The molecule has 4 rings (SSSR count). The number of carbonyl (C=O) groups is 1. The van der Waals surface area contributed by atoms with Gasteiger partial charge in [0.15, 0.2) is 21.3 Å². The number of hydrogen-bond acceptors (Lipinski definition) is 5. The molecule has 0 atom stereocenters. The van der Waals surface area contributed by atoms with E-state index in [0.717, 1.165) is 4.90 Å². The molecule has 0 heterocycles. The Balaban J connectivity index is 1.45. The van der Waals surface area contributed by atoms with Gasteiger partial charge in [0.1, 0.15) is 11.5 Å². The van der Waals surface area contributed by atoms with Gasteiger partial charge in [0.25, 0.3) is 0 Å². The fourth-order valence-corrected chi connectivity index (χ4v) is 5.56. The molecule has 0 bridgehead atoms. The minimum absolute atomic E-state index is 0.0939. The summed E-state index contributed by atoms with van der Waals surface area (Å²) in [5, 5.41) is -4.60. The van der Waals surface area contributed by atoms with Crippen molar-refractivity contribution < 1.29 is 36.0 Å². The third kappa shape index (κ3) is 6.53. The average Bonchev–Trinajstić information content (AvgIpc) is 2.89. The molecule has 0 aliphatic rings. The predicted molar refractivity (Wildman–Crippen MR) is 135 cm³/mol. The first-order valence-corrected chi connectivity index (χ1v) is 13.5. The smallest absolute Gasteiger partial charge is 0.402 e. The molecule has 0 fully saturated rings. The summed E-state index contributed by atoms with van der Waals surface area (Å²) >= 11 is 0. The van der Waals surface area contributed by atoms with Gasteiger partial charge in [0.2, 0.25) is 0 Å². The second-order valence-corrected chi connectivity index (χ2v) is 11.3. The maximum Gasteiger partial charge on any atom is 0.402 e. The Kier molecular flexibility index (Phi) is 7.91. The van der Waals surface area contributed by atoms with Crippen molar-refractivity contribution in [2.24, 2.45) is 0 Å². The van der Waals surface area contributed by atoms with Crippen LogP contribution in [0.15, 0.2) is 124 Å². The predicted octanol–water partition coefficient (Wildman–Crippen LogP) is 6.21. The summed E-state index contributed by atoms with van der Waals surface area (Å²) in [6, 6.07) is 33.5. The first-order valence-electron chi connectivity index (χ1n) is 10.9. The highest BCUT2D eigenvalue weighted by Gasteiger charge is 2.45. The molecule has 1 N–H and O–H groups in total. The average molecular weight is 544 g/mol. The molecule has 190 valence electrons. The zero-order valence-electron chi connectivity index (χ0n) is 19.2. The van der Waals surface area contributed by atoms with Gasteiger partial charge in [-0.25, -0.2) is 4.79 Å². The van der Waals surface area contributed by atoms with Crippen molar-refractivity contribution in [2.45, 2.75) is 19.9 Å². The van der Waals surface area contributed by atoms with Gasteiger partial charge < -0.3 is 9.47 Å². The summed E-state index contributed by atoms with van der Waals surface area (Å²) in [7, 11) is -6.00. The van der Waals surface area contributed by atoms with Crippen LogP contribution < -0.4 is 4.74 Å². The summed E-state index contributed by atoms with van der Waals surface area (Å²) in [5.41, 5.74) is -0.0939. The molecule has 0 saturated carbocycles. The topological polar surface area (TPSA) is 89.9 Å². The molecule has 4 aromatic carbocycles. The third-order valence-electron chi connectivity index (χ3n) is 5.09. The van der Waals surface area contributed by atoms with E-state index in [0.29, 0.717) is 11.5 Å². The molecule has 0 saturated heterocycles. The number of alkyl halides is 2. The fraction of sp³-hybridized carbons (Fsp3) is 0.0741. The van der Waals surface area contributed by atoms with Gasteiger partial charge in [0.05, 0.1) is 16.5 Å². The Morgan fingerprint density at radius 3 is 1.62 bits per heavy atom. The van der Waals surface area contributed by atoms with E-state index in [-0.39, 0.29) is 16.5 Å². The molecular formula is C27H21F2O6S2+. The van der Waals surface area contributed by atoms with E-state index in [2.05, 4.69) is 29.0 Å². The third-order valence-corrected chi connectivity index (χ3v) is 8.20. The highest BCUT2D eigenvalue weighted by atomic mass is 32.2. The largest absolute Gasteiger partial charge is 0.457 e. The van der Waals surface area contributed by atoms with E-state index >= 15 is 0 Å². The van der Waals surface area contributed by atoms with Crippen LogP contribution in [0.2, 0.25) is 0 Å². The Bertz CT molecular complexity index is 1410. The van der Waals surface area contributed by atoms with Crippen molar-refractivity contribution >= 4 is 27.0 Å². The zero-order chi connectivity index (χ0) is 26.5. The van der Waals surface area contributed by atoms with Gasteiger partial charge in [-0.05, 0) is 72.8 Å². The molecule has 0 unspecified atom stereocenters. The number of esters is 1. The van der Waals surface area contributed by atoms with Crippen LogP contribution in [0, 0.1) is 0 Å². The van der Waals surface area contributed by atoms with Crippen LogP contribution in [0.1, 0.15) is 10.4 Å². The molecule has 0 aromatic heterocycles. The summed E-state index contributed by atoms with van der Waals surface area (Å²) in [6.45, 7) is -1.80. The minimum atomic E-state index is -5.69. The molecule has 10 heteroatoms. The number of halogens is 2. The first kappa shape index (κ1) is 26.3. The Morgan fingerprint density at radius 2 is 1.16 bits per heavy atom. The SMILES string of the molecule is O=C(OCC(F)(F)S(=O)(=O)O)c1ccc(Oc2ccc([S+](c3ccccc3)c3ccccc3)cc2)cc1. The summed E-state index contributed by atoms with van der Waals surface area (Å²) in [4.78, 5) is 15.4. The second kappa shape index (κ2) is 11.1. The number of benzene rings is 4. The number of hydrogen-bond donors (Lipinski definition) is 1. The van der Waals surface area contributed by atoms with Crippen molar-refractivity contribution in [3.05, 3.63) is 115 Å². The van der Waals surface area contributed by atoms with Gasteiger partial charge in [-0.1, -0.05) is 36.4 Å². The van der Waals surface area contributed by atoms with Gasteiger partial charge in [0, 0.05) is 0 Å². The van der Waals surface area contributed by atoms with Crippen molar-refractivity contribution in [2.75, 3.05) is 6.61 Å². The lowest BCUT2D eigenvalue weighted by molar-refractivity contribution is -0.00950. The van der Waals surface area contributed by atoms with Crippen molar-refractivity contribution in [1.82, 2.24) is 0 Å². The van der Waals surface area contributed by atoms with Crippen LogP contribution in [0.4, 0.5) is 8.78 Å². The van der Waals surface area contributed by atoms with Crippen LogP contribution in [0.3, 0.4) is 0 Å². The monoisotopic (exact) mass is 543 g/mol. The highest BCUT2D eigenvalue weighted by Crippen LogP contribution is 2.33. The first-order chi connectivity index (χ1) is 17.6. The lowest BCUT2D eigenvalue weighted by Crippen LogP contribution is -2.34. The fourth-order valence-electron chi connectivity index (χ4n) is 3.27. The van der Waals surface area contributed by atoms with Crippen LogP contribution in [0.25, 0.3) is 0 Å². The molecule has 4 aromatic rings. The maximum atomic E-state index is 13.2. The number of carbonyl (C=O) groups excluding carboxylic acids is 1. The molecular weight excluding hydrogens is 522 g/mol. The summed E-state index contributed by atoms with van der Waals surface area (Å²) in [5.74, 6) is -0.234. The number of rotatable bonds is 9. The van der Waals surface area contributed by atoms with Gasteiger partial charge >= 0.3 is 21.3 Å². The quantitative estimate of drug-likeness (QED) is 0.153. The molecule has 0 aliphatic carbocycles. The molecule has 0 amide bonds. The van der Waals surface area contributed by atoms with Gasteiger partial charge in [-0.15, -0.1) is 0 Å². The van der Waals surface area contributed by atoms with Gasteiger partial charge in [-0.3, -0.25) is 4.55 Å². The van der Waals surface area contributed by atoms with Gasteiger partial charge in [-0.2, -0.15) is 17.2 Å². The minimum Gasteiger partial charge on any atom is -0.457 e. The zero-order valence-corrected chi connectivity index (χ0v) is 20.8. The van der Waals surface area contributed by atoms with Crippen LogP contribution in [-0.2, 0) is 25.7 Å². The molecule has 37 heavy (non-hydrogen) atoms. The standard InChI is InChI=1S/C27H20F2O6S2/c28-27(29,37(31,32)33)19-34-26(30)20-11-13-21(14-12-20)35-22-15-17-25(18-16-22)36(23-7-3-1-4-8-23)24-9-5-2-6-10-24/h1-18H,19H2/p+1. The van der Waals surface area contributed by atoms with Crippen molar-refractivity contribution in [3.8, 4) is 11.5 Å². The summed E-state index contributed by atoms with van der Waals surface area (Å²) < 4.78 is 66.4. The van der Waals surface area contributed by atoms with E-state index in [1.807, 2.05) is 60.7 Å². The second-order valence-electron chi connectivity index (χ2n) is 7.72. The van der Waals surface area contributed by atoms with Crippen molar-refractivity contribution in [1.29, 1.82) is 0 Å². The van der Waals surface area contributed by atoms with E-state index in [9.17, 15) is 22.0 Å². The highest BCUT2D eigenvalue weighted by molar-refractivity contribution is 7.97. The number of ether oxygens (including phenoxy) is 2. The van der Waals surface area contributed by atoms with E-state index in [4.69, 9.17) is 9.29 Å². The van der Waals surface area contributed by atoms with E-state index in [1.54, 1.807) is 0 Å².